The van der Waals surface area contributed by atoms with Crippen molar-refractivity contribution in [1.29, 1.82) is 0 Å². The van der Waals surface area contributed by atoms with Crippen LogP contribution in [0.25, 0.3) is 0 Å². The van der Waals surface area contributed by atoms with Gasteiger partial charge in [-0.3, -0.25) is 4.79 Å². The minimum Gasteiger partial charge on any atom is -0.411 e. The average Bonchev–Trinajstić information content (AvgIpc) is 1.83. The second-order valence-electron chi connectivity index (χ2n) is 1.01. The van der Waals surface area contributed by atoms with E-state index in [9.17, 15) is 4.79 Å². The molecule has 0 radical (unpaired) electrons. The Bertz CT molecular complexity index is 172. The molecule has 1 N–H and O–H groups in total. The quantitative estimate of drug-likeness (QED) is 0.298. The maximum Gasteiger partial charge on any atom is 0.177 e. The molecule has 0 atom stereocenters. The van der Waals surface area contributed by atoms with Crippen molar-refractivity contribution in [2.45, 2.75) is 13.8 Å². The van der Waals surface area contributed by atoms with Gasteiger partial charge in [0, 0.05) is 11.0 Å². The molecule has 7 heavy (non-hydrogen) atoms. The number of nitrogens with zero attached hydrogens (tertiary/aromatic N) is 1. The normalized spacial score (nSPS) is 19.6. The van der Waals surface area contributed by atoms with Crippen LogP contribution < -0.4 is 0 Å². The van der Waals surface area contributed by atoms with E-state index < -0.39 is 18.3 Å². The van der Waals surface area contributed by atoms with Gasteiger partial charge >= 0.3 is 0 Å². The third kappa shape index (κ3) is 1.92. The number of carbonyl (C=O) groups excluding carboxylic acids is 1. The van der Waals surface area contributed by atoms with Crippen LogP contribution in [0.2, 0.25) is 0 Å². The molecule has 0 aliphatic heterocycles. The van der Waals surface area contributed by atoms with Gasteiger partial charge in [-0.2, -0.15) is 0 Å². The van der Waals surface area contributed by atoms with Crippen LogP contribution in [-0.2, 0) is 4.79 Å². The molecule has 0 saturated carbocycles. The molecule has 0 aliphatic carbocycles. The third-order valence-electron chi connectivity index (χ3n) is 0.479. The Morgan fingerprint density at radius 2 is 2.57 bits per heavy atom. The zero-order chi connectivity index (χ0) is 8.36. The third-order valence-corrected chi connectivity index (χ3v) is 0.479. The maximum atomic E-state index is 10.5. The largest absolute Gasteiger partial charge is 0.411 e. The molecule has 0 rings (SSSR count). The Labute approximate surface area is 45.9 Å². The molecule has 0 unspecified atom stereocenters. The van der Waals surface area contributed by atoms with Crippen molar-refractivity contribution in [2.24, 2.45) is 5.16 Å². The van der Waals surface area contributed by atoms with Crippen LogP contribution in [0.4, 0.5) is 0 Å². The van der Waals surface area contributed by atoms with Crippen LogP contribution in [-0.4, -0.2) is 16.7 Å². The van der Waals surface area contributed by atoms with Gasteiger partial charge in [-0.15, -0.1) is 0 Å². The van der Waals surface area contributed by atoms with Gasteiger partial charge in [0.25, 0.3) is 0 Å². The number of rotatable bonds is 1. The second kappa shape index (κ2) is 2.34. The van der Waals surface area contributed by atoms with Gasteiger partial charge < -0.3 is 5.21 Å². The molecule has 0 aromatic carbocycles. The van der Waals surface area contributed by atoms with Crippen LogP contribution in [0, 0.1) is 0 Å². The summed E-state index contributed by atoms with van der Waals surface area (Å²) >= 11 is 0. The van der Waals surface area contributed by atoms with Crippen molar-refractivity contribution < 1.29 is 14.1 Å². The summed E-state index contributed by atoms with van der Waals surface area (Å²) in [5.74, 6) is -1.13. The number of oxime groups is 1. The summed E-state index contributed by atoms with van der Waals surface area (Å²) in [4.78, 5) is 10.5. The Morgan fingerprint density at radius 1 is 2.00 bits per heavy atom. The first-order valence-electron chi connectivity index (χ1n) is 3.13. The summed E-state index contributed by atoms with van der Waals surface area (Å²) in [6.45, 7) is -1.56. The first-order valence-corrected chi connectivity index (χ1v) is 1.63. The van der Waals surface area contributed by atoms with Crippen LogP contribution in [0.1, 0.15) is 17.9 Å². The van der Waals surface area contributed by atoms with E-state index in [4.69, 9.17) is 9.32 Å². The molecule has 0 heterocycles. The van der Waals surface area contributed by atoms with Gasteiger partial charge in [-0.1, -0.05) is 5.16 Å². The van der Waals surface area contributed by atoms with Gasteiger partial charge in [0.05, 0.1) is 0 Å². The van der Waals surface area contributed by atoms with Crippen molar-refractivity contribution in [1.82, 2.24) is 0 Å². The van der Waals surface area contributed by atoms with Crippen LogP contribution in [0.3, 0.4) is 0 Å². The lowest BCUT2D eigenvalue weighted by Crippen LogP contribution is -2.02. The van der Waals surface area contributed by atoms with Gasteiger partial charge in [0.2, 0.25) is 0 Å². The van der Waals surface area contributed by atoms with Gasteiger partial charge in [0.15, 0.2) is 5.78 Å². The van der Waals surface area contributed by atoms with E-state index in [1.807, 2.05) is 0 Å². The highest BCUT2D eigenvalue weighted by Crippen LogP contribution is 1.73. The number of hydrogen-bond donors (Lipinski definition) is 1. The summed E-state index contributed by atoms with van der Waals surface area (Å²) < 4.78 is 19.7. The Kier molecular flexibility index (Phi) is 0.817. The van der Waals surface area contributed by atoms with Crippen LogP contribution in [0.15, 0.2) is 5.16 Å². The molecule has 0 bridgehead atoms. The summed E-state index contributed by atoms with van der Waals surface area (Å²) in [6.07, 6.45) is 0. The van der Waals surface area contributed by atoms with Gasteiger partial charge in [-0.05, 0) is 6.92 Å². The Morgan fingerprint density at radius 3 is 2.71 bits per heavy atom. The molecule has 0 aromatic rings. The number of carbonyl (C=O) groups is 1. The standard InChI is InChI=1S/C4H7NO2/c1-3(5-7)4(2)6/h7H,1-2H3/b5-3+/i2D3. The molecule has 3 heteroatoms. The van der Waals surface area contributed by atoms with Crippen LogP contribution in [0.5, 0.6) is 0 Å². The maximum absolute atomic E-state index is 10.5. The molecule has 0 saturated heterocycles. The highest BCUT2D eigenvalue weighted by Gasteiger charge is 1.93. The van der Waals surface area contributed by atoms with Crippen molar-refractivity contribution in [3.05, 3.63) is 0 Å². The predicted molar refractivity (Wildman–Crippen MR) is 25.6 cm³/mol. The Balaban J connectivity index is 4.39. The predicted octanol–water partition coefficient (Wildman–Crippen LogP) is 0.425. The van der Waals surface area contributed by atoms with E-state index in [0.29, 0.717) is 0 Å². The number of Topliss-reactive ketones (excluding diaryl/α,β-unsaturated/α-hetero) is 1. The average molecular weight is 104 g/mol. The van der Waals surface area contributed by atoms with E-state index in [2.05, 4.69) is 5.16 Å². The zero-order valence-electron chi connectivity index (χ0n) is 6.80. The van der Waals surface area contributed by atoms with E-state index in [-0.39, 0.29) is 0 Å². The fourth-order valence-corrected chi connectivity index (χ4v) is 0.0454. The second-order valence-corrected chi connectivity index (χ2v) is 1.01. The molecule has 40 valence electrons. The summed E-state index contributed by atoms with van der Waals surface area (Å²) in [6, 6.07) is 0. The van der Waals surface area contributed by atoms with E-state index in [0.717, 1.165) is 6.92 Å². The molecule has 0 aliphatic rings. The van der Waals surface area contributed by atoms with E-state index >= 15 is 0 Å². The fourth-order valence-electron chi connectivity index (χ4n) is 0.0454. The van der Waals surface area contributed by atoms with Gasteiger partial charge in [0.1, 0.15) is 5.71 Å². The summed E-state index contributed by atoms with van der Waals surface area (Å²) in [5, 5.41) is 10.4. The molecule has 0 fully saturated rings. The zero-order valence-corrected chi connectivity index (χ0v) is 3.80. The van der Waals surface area contributed by atoms with Crippen molar-refractivity contribution >= 4 is 11.5 Å². The smallest absolute Gasteiger partial charge is 0.177 e. The molecular weight excluding hydrogens is 94.0 g/mol. The molecule has 0 aromatic heterocycles. The topological polar surface area (TPSA) is 49.7 Å². The minimum atomic E-state index is -2.70. The Hall–Kier alpha value is -0.860. The molecular formula is C4H7NO2. The lowest BCUT2D eigenvalue weighted by molar-refractivity contribution is -0.111. The molecule has 3 nitrogen and oxygen atoms in total. The highest BCUT2D eigenvalue weighted by atomic mass is 16.4. The SMILES string of the molecule is [2H]C([2H])([2H])C(=O)/C(C)=N/O. The van der Waals surface area contributed by atoms with Crippen LogP contribution >= 0.6 is 0 Å². The number of hydrogen-bond acceptors (Lipinski definition) is 3. The molecule has 0 spiro atoms. The van der Waals surface area contributed by atoms with Crippen molar-refractivity contribution in [3.8, 4) is 0 Å². The monoisotopic (exact) mass is 104 g/mol. The molecule has 0 amide bonds. The van der Waals surface area contributed by atoms with Gasteiger partial charge in [-0.25, -0.2) is 0 Å². The first kappa shape index (κ1) is 2.45. The summed E-state index contributed by atoms with van der Waals surface area (Å²) in [7, 11) is 0. The van der Waals surface area contributed by atoms with Crippen molar-refractivity contribution in [2.75, 3.05) is 0 Å². The van der Waals surface area contributed by atoms with E-state index in [1.165, 1.54) is 0 Å². The van der Waals surface area contributed by atoms with E-state index in [1.54, 1.807) is 0 Å². The number of ketones is 1. The highest BCUT2D eigenvalue weighted by molar-refractivity contribution is 6.37. The minimum absolute atomic E-state index is 0.403. The fraction of sp³-hybridized carbons (Fsp3) is 0.500. The van der Waals surface area contributed by atoms with Crippen molar-refractivity contribution in [3.63, 3.8) is 0 Å². The first-order chi connectivity index (χ1) is 4.39. The summed E-state index contributed by atoms with van der Waals surface area (Å²) in [5.41, 5.74) is -0.403. The lowest BCUT2D eigenvalue weighted by atomic mass is 10.3. The lowest BCUT2D eigenvalue weighted by Gasteiger charge is -1.82.